The van der Waals surface area contributed by atoms with Crippen molar-refractivity contribution in [1.82, 2.24) is 10.9 Å². The third-order valence-electron chi connectivity index (χ3n) is 3.16. The molecule has 1 aliphatic rings. The van der Waals surface area contributed by atoms with Crippen molar-refractivity contribution in [3.8, 4) is 11.5 Å². The molecule has 1 aromatic carbocycles. The van der Waals surface area contributed by atoms with Crippen LogP contribution in [-0.2, 0) is 0 Å². The van der Waals surface area contributed by atoms with E-state index < -0.39 is 11.8 Å². The second kappa shape index (κ2) is 5.80. The molecule has 22 heavy (non-hydrogen) atoms. The van der Waals surface area contributed by atoms with Crippen molar-refractivity contribution in [2.75, 3.05) is 13.2 Å². The lowest BCUT2D eigenvalue weighted by atomic mass is 10.2. The molecule has 0 radical (unpaired) electrons. The molecule has 0 saturated heterocycles. The lowest BCUT2D eigenvalue weighted by molar-refractivity contribution is 0.0830. The van der Waals surface area contributed by atoms with Crippen LogP contribution in [0, 0.1) is 6.92 Å². The van der Waals surface area contributed by atoms with Gasteiger partial charge in [-0.05, 0) is 31.2 Å². The average Bonchev–Trinajstić information content (AvgIpc) is 2.98. The predicted octanol–water partition coefficient (Wildman–Crippen LogP) is 1.43. The Bertz CT molecular complexity index is 722. The van der Waals surface area contributed by atoms with Crippen LogP contribution in [0.2, 0.25) is 0 Å². The Balaban J connectivity index is 1.65. The second-order valence-electron chi connectivity index (χ2n) is 4.70. The normalized spacial score (nSPS) is 12.6. The molecule has 0 unspecified atom stereocenters. The highest BCUT2D eigenvalue weighted by Gasteiger charge is 2.17. The SMILES string of the molecule is Cc1ccoc1C(=O)NNC(=O)c1ccc2c(c1)OCCO2. The fraction of sp³-hybridized carbons (Fsp3) is 0.200. The van der Waals surface area contributed by atoms with Gasteiger partial charge in [0.05, 0.1) is 6.26 Å². The molecule has 1 aliphatic heterocycles. The molecule has 0 saturated carbocycles. The molecule has 0 atom stereocenters. The van der Waals surface area contributed by atoms with Crippen molar-refractivity contribution in [3.05, 3.63) is 47.4 Å². The van der Waals surface area contributed by atoms with Gasteiger partial charge < -0.3 is 13.9 Å². The molecule has 1 aromatic heterocycles. The van der Waals surface area contributed by atoms with Crippen molar-refractivity contribution >= 4 is 11.8 Å². The number of aryl methyl sites for hydroxylation is 1. The van der Waals surface area contributed by atoms with Crippen LogP contribution in [0.1, 0.15) is 26.5 Å². The lowest BCUT2D eigenvalue weighted by Gasteiger charge is -2.18. The van der Waals surface area contributed by atoms with Crippen LogP contribution in [0.25, 0.3) is 0 Å². The minimum atomic E-state index is -0.520. The highest BCUT2D eigenvalue weighted by molar-refractivity contribution is 5.98. The van der Waals surface area contributed by atoms with Gasteiger partial charge in [0.2, 0.25) is 0 Å². The van der Waals surface area contributed by atoms with Crippen molar-refractivity contribution in [2.24, 2.45) is 0 Å². The summed E-state index contributed by atoms with van der Waals surface area (Å²) in [4.78, 5) is 23.9. The summed E-state index contributed by atoms with van der Waals surface area (Å²) in [7, 11) is 0. The number of ether oxygens (including phenoxy) is 2. The third kappa shape index (κ3) is 2.73. The Hall–Kier alpha value is -2.96. The quantitative estimate of drug-likeness (QED) is 0.819. The first kappa shape index (κ1) is 14.0. The van der Waals surface area contributed by atoms with Gasteiger partial charge in [0.1, 0.15) is 13.2 Å². The molecule has 2 amide bonds. The molecule has 0 spiro atoms. The summed E-state index contributed by atoms with van der Waals surface area (Å²) < 4.78 is 15.8. The number of benzene rings is 1. The number of nitrogens with one attached hydrogen (secondary N) is 2. The Labute approximate surface area is 126 Å². The lowest BCUT2D eigenvalue weighted by Crippen LogP contribution is -2.41. The molecule has 7 nitrogen and oxygen atoms in total. The smallest absolute Gasteiger partial charge is 0.305 e. The summed E-state index contributed by atoms with van der Waals surface area (Å²) in [5.41, 5.74) is 5.66. The number of hydrazine groups is 1. The van der Waals surface area contributed by atoms with Crippen molar-refractivity contribution < 1.29 is 23.5 Å². The monoisotopic (exact) mass is 302 g/mol. The number of carbonyl (C=O) groups excluding carboxylic acids is 2. The second-order valence-corrected chi connectivity index (χ2v) is 4.70. The van der Waals surface area contributed by atoms with Gasteiger partial charge in [-0.15, -0.1) is 0 Å². The molecule has 3 rings (SSSR count). The fourth-order valence-electron chi connectivity index (χ4n) is 2.03. The van der Waals surface area contributed by atoms with E-state index in [0.717, 1.165) is 0 Å². The van der Waals surface area contributed by atoms with Gasteiger partial charge in [0.15, 0.2) is 17.3 Å². The maximum atomic E-state index is 12.0. The summed E-state index contributed by atoms with van der Waals surface area (Å²) in [6.45, 7) is 2.66. The van der Waals surface area contributed by atoms with E-state index in [9.17, 15) is 9.59 Å². The molecular weight excluding hydrogens is 288 g/mol. The molecule has 2 N–H and O–H groups in total. The van der Waals surface area contributed by atoms with Gasteiger partial charge in [-0.1, -0.05) is 0 Å². The predicted molar refractivity (Wildman–Crippen MR) is 75.8 cm³/mol. The van der Waals surface area contributed by atoms with E-state index in [2.05, 4.69) is 10.9 Å². The first-order chi connectivity index (χ1) is 10.6. The number of hydrogen-bond acceptors (Lipinski definition) is 5. The minimum absolute atomic E-state index is 0.155. The van der Waals surface area contributed by atoms with E-state index in [0.29, 0.717) is 35.8 Å². The summed E-state index contributed by atoms with van der Waals surface area (Å²) in [5, 5.41) is 0. The Morgan fingerprint density at radius 3 is 2.45 bits per heavy atom. The Morgan fingerprint density at radius 2 is 1.73 bits per heavy atom. The number of fused-ring (bicyclic) bond motifs is 1. The minimum Gasteiger partial charge on any atom is -0.486 e. The zero-order chi connectivity index (χ0) is 15.5. The molecule has 0 fully saturated rings. The summed E-state index contributed by atoms with van der Waals surface area (Å²) >= 11 is 0. The van der Waals surface area contributed by atoms with Crippen LogP contribution in [0.3, 0.4) is 0 Å². The van der Waals surface area contributed by atoms with Gasteiger partial charge in [-0.2, -0.15) is 0 Å². The molecule has 7 heteroatoms. The van der Waals surface area contributed by atoms with Gasteiger partial charge in [-0.25, -0.2) is 0 Å². The molecule has 2 aromatic rings. The first-order valence-electron chi connectivity index (χ1n) is 6.69. The van der Waals surface area contributed by atoms with Crippen molar-refractivity contribution in [3.63, 3.8) is 0 Å². The maximum absolute atomic E-state index is 12.0. The standard InChI is InChI=1S/C15H14N2O5/c1-9-4-5-22-13(9)15(19)17-16-14(18)10-2-3-11-12(8-10)21-7-6-20-11/h2-5,8H,6-7H2,1H3,(H,16,18)(H,17,19). The highest BCUT2D eigenvalue weighted by Crippen LogP contribution is 2.30. The Morgan fingerprint density at radius 1 is 1.00 bits per heavy atom. The summed E-state index contributed by atoms with van der Waals surface area (Å²) in [6, 6.07) is 6.47. The summed E-state index contributed by atoms with van der Waals surface area (Å²) in [6.07, 6.45) is 1.41. The van der Waals surface area contributed by atoms with E-state index in [1.165, 1.54) is 6.26 Å². The maximum Gasteiger partial charge on any atom is 0.305 e. The summed E-state index contributed by atoms with van der Waals surface area (Å²) in [5.74, 6) is 0.274. The van der Waals surface area contributed by atoms with Crippen LogP contribution in [-0.4, -0.2) is 25.0 Å². The van der Waals surface area contributed by atoms with Gasteiger partial charge in [-0.3, -0.25) is 20.4 Å². The van der Waals surface area contributed by atoms with Crippen LogP contribution in [0.5, 0.6) is 11.5 Å². The fourth-order valence-corrected chi connectivity index (χ4v) is 2.03. The number of amides is 2. The zero-order valence-corrected chi connectivity index (χ0v) is 11.8. The van der Waals surface area contributed by atoms with Gasteiger partial charge in [0.25, 0.3) is 5.91 Å². The van der Waals surface area contributed by atoms with Crippen LogP contribution in [0.4, 0.5) is 0 Å². The van der Waals surface area contributed by atoms with E-state index in [1.807, 2.05) is 0 Å². The van der Waals surface area contributed by atoms with Gasteiger partial charge in [0, 0.05) is 11.1 Å². The average molecular weight is 302 g/mol. The third-order valence-corrected chi connectivity index (χ3v) is 3.16. The number of furan rings is 1. The molecule has 114 valence electrons. The largest absolute Gasteiger partial charge is 0.486 e. The van der Waals surface area contributed by atoms with E-state index in [-0.39, 0.29) is 5.76 Å². The topological polar surface area (TPSA) is 89.8 Å². The van der Waals surface area contributed by atoms with E-state index in [1.54, 1.807) is 31.2 Å². The van der Waals surface area contributed by atoms with Crippen LogP contribution >= 0.6 is 0 Å². The van der Waals surface area contributed by atoms with E-state index in [4.69, 9.17) is 13.9 Å². The number of rotatable bonds is 2. The Kier molecular flexibility index (Phi) is 3.69. The first-order valence-corrected chi connectivity index (χ1v) is 6.69. The highest BCUT2D eigenvalue weighted by atomic mass is 16.6. The number of carbonyl (C=O) groups is 2. The molecular formula is C15H14N2O5. The number of hydrogen-bond donors (Lipinski definition) is 2. The van der Waals surface area contributed by atoms with Gasteiger partial charge >= 0.3 is 5.91 Å². The van der Waals surface area contributed by atoms with Crippen LogP contribution < -0.4 is 20.3 Å². The molecule has 0 bridgehead atoms. The van der Waals surface area contributed by atoms with E-state index >= 15 is 0 Å². The van der Waals surface area contributed by atoms with Crippen molar-refractivity contribution in [1.29, 1.82) is 0 Å². The molecule has 0 aliphatic carbocycles. The van der Waals surface area contributed by atoms with Crippen LogP contribution in [0.15, 0.2) is 34.9 Å². The van der Waals surface area contributed by atoms with Crippen molar-refractivity contribution in [2.45, 2.75) is 6.92 Å². The zero-order valence-electron chi connectivity index (χ0n) is 11.8. The molecule has 2 heterocycles.